The average molecular weight is 402 g/mol. The van der Waals surface area contributed by atoms with Gasteiger partial charge in [-0.2, -0.15) is 5.26 Å². The van der Waals surface area contributed by atoms with Crippen LogP contribution in [0.3, 0.4) is 0 Å². The van der Waals surface area contributed by atoms with Crippen molar-refractivity contribution in [2.24, 2.45) is 0 Å². The molecule has 0 aromatic heterocycles. The Hall–Kier alpha value is -2.13. The lowest BCUT2D eigenvalue weighted by atomic mass is 10.1. The van der Waals surface area contributed by atoms with Crippen molar-refractivity contribution < 1.29 is 4.79 Å². The number of halogens is 1. The van der Waals surface area contributed by atoms with Gasteiger partial charge in [0, 0.05) is 9.26 Å². The van der Waals surface area contributed by atoms with Crippen molar-refractivity contribution in [1.82, 2.24) is 0 Å². The lowest BCUT2D eigenvalue weighted by Gasteiger charge is -2.07. The molecule has 0 fully saturated rings. The molecule has 2 aromatic rings. The molecular formula is C18H15IN2O. The van der Waals surface area contributed by atoms with Crippen LogP contribution < -0.4 is 5.32 Å². The summed E-state index contributed by atoms with van der Waals surface area (Å²) < 4.78 is 0.993. The number of amides is 1. The van der Waals surface area contributed by atoms with Gasteiger partial charge in [-0.05, 0) is 77.4 Å². The quantitative estimate of drug-likeness (QED) is 0.469. The number of nitriles is 1. The van der Waals surface area contributed by atoms with Crippen molar-refractivity contribution in [2.75, 3.05) is 5.32 Å². The number of carbonyl (C=O) groups is 1. The fourth-order valence-corrected chi connectivity index (χ4v) is 2.68. The number of aryl methyl sites for hydroxylation is 2. The van der Waals surface area contributed by atoms with Crippen molar-refractivity contribution in [3.05, 3.63) is 68.3 Å². The van der Waals surface area contributed by atoms with Crippen LogP contribution in [0.1, 0.15) is 16.7 Å². The predicted octanol–water partition coefficient (Wildman–Crippen LogP) is 4.45. The third-order valence-corrected chi connectivity index (χ3v) is 4.03. The van der Waals surface area contributed by atoms with Crippen LogP contribution in [0.4, 0.5) is 5.69 Å². The first kappa shape index (κ1) is 16.2. The first-order chi connectivity index (χ1) is 10.5. The maximum Gasteiger partial charge on any atom is 0.266 e. The average Bonchev–Trinajstić information content (AvgIpc) is 2.45. The van der Waals surface area contributed by atoms with Gasteiger partial charge < -0.3 is 5.32 Å². The van der Waals surface area contributed by atoms with E-state index in [2.05, 4.69) is 27.9 Å². The van der Waals surface area contributed by atoms with E-state index in [0.717, 1.165) is 20.3 Å². The minimum absolute atomic E-state index is 0.0864. The zero-order valence-corrected chi connectivity index (χ0v) is 14.5. The lowest BCUT2D eigenvalue weighted by Crippen LogP contribution is -2.13. The van der Waals surface area contributed by atoms with E-state index < -0.39 is 5.91 Å². The van der Waals surface area contributed by atoms with Crippen molar-refractivity contribution in [2.45, 2.75) is 13.8 Å². The molecule has 22 heavy (non-hydrogen) atoms. The van der Waals surface area contributed by atoms with Gasteiger partial charge in [0.1, 0.15) is 11.6 Å². The van der Waals surface area contributed by atoms with E-state index in [0.29, 0.717) is 5.69 Å². The molecule has 0 atom stereocenters. The Morgan fingerprint density at radius 3 is 2.41 bits per heavy atom. The van der Waals surface area contributed by atoms with E-state index in [4.69, 9.17) is 0 Å². The number of nitrogens with zero attached hydrogens (tertiary/aromatic N) is 1. The second kappa shape index (κ2) is 7.23. The monoisotopic (exact) mass is 402 g/mol. The van der Waals surface area contributed by atoms with Crippen LogP contribution in [0.5, 0.6) is 0 Å². The van der Waals surface area contributed by atoms with Crippen molar-refractivity contribution >= 4 is 40.3 Å². The van der Waals surface area contributed by atoms with E-state index in [1.165, 1.54) is 0 Å². The fraction of sp³-hybridized carbons (Fsp3) is 0.111. The van der Waals surface area contributed by atoms with E-state index in [-0.39, 0.29) is 5.57 Å². The van der Waals surface area contributed by atoms with Gasteiger partial charge in [0.25, 0.3) is 5.91 Å². The summed E-state index contributed by atoms with van der Waals surface area (Å²) in [6.45, 7) is 3.94. The van der Waals surface area contributed by atoms with Crippen LogP contribution >= 0.6 is 22.6 Å². The summed E-state index contributed by atoms with van der Waals surface area (Å²) in [5.74, 6) is -0.396. The number of hydrogen-bond donors (Lipinski definition) is 1. The second-order valence-corrected chi connectivity index (χ2v) is 6.18. The molecule has 2 rings (SSSR count). The SMILES string of the molecule is Cc1cc(C)cc(NC(=O)C(C#N)=Cc2ccccc2I)c1. The van der Waals surface area contributed by atoms with Crippen LogP contribution in [-0.2, 0) is 4.79 Å². The highest BCUT2D eigenvalue weighted by Crippen LogP contribution is 2.17. The highest BCUT2D eigenvalue weighted by Gasteiger charge is 2.10. The van der Waals surface area contributed by atoms with Gasteiger partial charge >= 0.3 is 0 Å². The Bertz CT molecular complexity index is 768. The standard InChI is InChI=1S/C18H15IN2O/c1-12-7-13(2)9-16(8-12)21-18(22)15(11-20)10-14-5-3-4-6-17(14)19/h3-10H,1-2H3,(H,21,22). The summed E-state index contributed by atoms with van der Waals surface area (Å²) >= 11 is 2.18. The number of carbonyl (C=O) groups excluding carboxylic acids is 1. The molecule has 0 radical (unpaired) electrons. The highest BCUT2D eigenvalue weighted by molar-refractivity contribution is 14.1. The molecule has 0 unspecified atom stereocenters. The molecule has 0 bridgehead atoms. The van der Waals surface area contributed by atoms with Crippen molar-refractivity contribution in [1.29, 1.82) is 5.26 Å². The summed E-state index contributed by atoms with van der Waals surface area (Å²) in [5, 5.41) is 12.0. The Labute approximate surface area is 143 Å². The lowest BCUT2D eigenvalue weighted by molar-refractivity contribution is -0.112. The molecule has 110 valence electrons. The molecular weight excluding hydrogens is 387 g/mol. The number of rotatable bonds is 3. The highest BCUT2D eigenvalue weighted by atomic mass is 127. The van der Waals surface area contributed by atoms with Crippen LogP contribution in [-0.4, -0.2) is 5.91 Å². The summed E-state index contributed by atoms with van der Waals surface area (Å²) in [6.07, 6.45) is 1.61. The topological polar surface area (TPSA) is 52.9 Å². The van der Waals surface area contributed by atoms with E-state index in [9.17, 15) is 10.1 Å². The summed E-state index contributed by atoms with van der Waals surface area (Å²) in [6, 6.07) is 15.4. The maximum absolute atomic E-state index is 12.3. The van der Waals surface area contributed by atoms with Crippen LogP contribution in [0.25, 0.3) is 6.08 Å². The van der Waals surface area contributed by atoms with Crippen LogP contribution in [0.2, 0.25) is 0 Å². The molecule has 0 saturated carbocycles. The molecule has 4 heteroatoms. The fourth-order valence-electron chi connectivity index (χ4n) is 2.14. The third kappa shape index (κ3) is 4.18. The van der Waals surface area contributed by atoms with Gasteiger partial charge in [0.05, 0.1) is 0 Å². The summed E-state index contributed by atoms with van der Waals surface area (Å²) in [5.41, 5.74) is 3.77. The molecule has 0 saturated heterocycles. The van der Waals surface area contributed by atoms with Crippen molar-refractivity contribution in [3.8, 4) is 6.07 Å². The predicted molar refractivity (Wildman–Crippen MR) is 97.3 cm³/mol. The smallest absolute Gasteiger partial charge is 0.266 e. The van der Waals surface area contributed by atoms with Gasteiger partial charge in [0.2, 0.25) is 0 Å². The summed E-state index contributed by atoms with van der Waals surface area (Å²) in [4.78, 5) is 12.3. The molecule has 0 aliphatic heterocycles. The van der Waals surface area contributed by atoms with Gasteiger partial charge in [-0.3, -0.25) is 4.79 Å². The zero-order valence-electron chi connectivity index (χ0n) is 12.4. The van der Waals surface area contributed by atoms with E-state index >= 15 is 0 Å². The maximum atomic E-state index is 12.3. The normalized spacial score (nSPS) is 10.9. The minimum Gasteiger partial charge on any atom is -0.321 e. The van der Waals surface area contributed by atoms with Gasteiger partial charge in [0.15, 0.2) is 0 Å². The number of anilines is 1. The molecule has 0 aliphatic carbocycles. The first-order valence-corrected chi connectivity index (χ1v) is 7.83. The number of nitrogens with one attached hydrogen (secondary N) is 1. The molecule has 1 amide bonds. The van der Waals surface area contributed by atoms with E-state index in [1.54, 1.807) is 6.08 Å². The van der Waals surface area contributed by atoms with Gasteiger partial charge in [-0.1, -0.05) is 24.3 Å². The molecule has 0 heterocycles. The van der Waals surface area contributed by atoms with Gasteiger partial charge in [-0.15, -0.1) is 0 Å². The minimum atomic E-state index is -0.396. The first-order valence-electron chi connectivity index (χ1n) is 6.75. The Kier molecular flexibility index (Phi) is 5.34. The largest absolute Gasteiger partial charge is 0.321 e. The van der Waals surface area contributed by atoms with Crippen LogP contribution in [0, 0.1) is 28.7 Å². The van der Waals surface area contributed by atoms with Gasteiger partial charge in [-0.25, -0.2) is 0 Å². The zero-order chi connectivity index (χ0) is 16.1. The summed E-state index contributed by atoms with van der Waals surface area (Å²) in [7, 11) is 0. The van der Waals surface area contributed by atoms with Crippen molar-refractivity contribution in [3.63, 3.8) is 0 Å². The molecule has 0 spiro atoms. The molecule has 2 aromatic carbocycles. The van der Waals surface area contributed by atoms with Crippen LogP contribution in [0.15, 0.2) is 48.0 Å². The molecule has 1 N–H and O–H groups in total. The Balaban J connectivity index is 2.26. The van der Waals surface area contributed by atoms with E-state index in [1.807, 2.05) is 62.4 Å². The molecule has 3 nitrogen and oxygen atoms in total. The number of benzene rings is 2. The third-order valence-electron chi connectivity index (χ3n) is 3.05. The molecule has 0 aliphatic rings. The number of hydrogen-bond acceptors (Lipinski definition) is 2. The second-order valence-electron chi connectivity index (χ2n) is 5.02. The Morgan fingerprint density at radius 1 is 1.18 bits per heavy atom. The Morgan fingerprint density at radius 2 is 1.82 bits per heavy atom.